The van der Waals surface area contributed by atoms with E-state index in [1.165, 1.54) is 30.3 Å². The van der Waals surface area contributed by atoms with Gasteiger partial charge >= 0.3 is 0 Å². The van der Waals surface area contributed by atoms with E-state index in [1.54, 1.807) is 12.3 Å². The van der Waals surface area contributed by atoms with Gasteiger partial charge in [-0.3, -0.25) is 4.72 Å². The molecule has 3 aromatic rings. The van der Waals surface area contributed by atoms with Crippen molar-refractivity contribution in [2.24, 2.45) is 0 Å². The van der Waals surface area contributed by atoms with Gasteiger partial charge in [0.25, 0.3) is 10.0 Å². The predicted molar refractivity (Wildman–Crippen MR) is 75.5 cm³/mol. The number of fused-ring (bicyclic) bond motifs is 1. The van der Waals surface area contributed by atoms with Crippen LogP contribution in [0.1, 0.15) is 0 Å². The molecule has 0 spiro atoms. The molecule has 0 aliphatic rings. The van der Waals surface area contributed by atoms with E-state index in [1.807, 2.05) is 6.07 Å². The second-order valence-electron chi connectivity index (χ2n) is 4.34. The largest absolute Gasteiger partial charge is 0.361 e. The molecule has 0 saturated heterocycles. The maximum absolute atomic E-state index is 13.1. The van der Waals surface area contributed by atoms with Gasteiger partial charge in [0, 0.05) is 11.7 Å². The van der Waals surface area contributed by atoms with Crippen molar-refractivity contribution in [2.75, 3.05) is 4.72 Å². The lowest BCUT2D eigenvalue weighted by Gasteiger charge is -2.08. The lowest BCUT2D eigenvalue weighted by Crippen LogP contribution is -2.12. The number of sulfonamides is 1. The smallest absolute Gasteiger partial charge is 0.261 e. The number of H-pyrrole nitrogens is 1. The number of anilines is 1. The summed E-state index contributed by atoms with van der Waals surface area (Å²) in [5, 5.41) is 0.926. The number of nitrogens with one attached hydrogen (secondary N) is 2. The molecule has 1 aromatic heterocycles. The molecule has 0 aliphatic carbocycles. The minimum atomic E-state index is -3.74. The Morgan fingerprint density at radius 2 is 1.90 bits per heavy atom. The molecule has 6 heteroatoms. The summed E-state index contributed by atoms with van der Waals surface area (Å²) in [4.78, 5) is 3.07. The maximum atomic E-state index is 13.1. The number of rotatable bonds is 3. The SMILES string of the molecule is O=S(=O)(Nc1cccc(F)c1)c1ccc2cc[nH]c2c1. The third kappa shape index (κ3) is 2.37. The highest BCUT2D eigenvalue weighted by molar-refractivity contribution is 7.92. The summed E-state index contributed by atoms with van der Waals surface area (Å²) in [6.45, 7) is 0. The number of aromatic nitrogens is 1. The van der Waals surface area contributed by atoms with Gasteiger partial charge in [-0.2, -0.15) is 0 Å². The molecule has 3 rings (SSSR count). The minimum absolute atomic E-state index is 0.122. The van der Waals surface area contributed by atoms with Gasteiger partial charge in [-0.1, -0.05) is 12.1 Å². The van der Waals surface area contributed by atoms with E-state index in [0.29, 0.717) is 0 Å². The highest BCUT2D eigenvalue weighted by Gasteiger charge is 2.15. The second kappa shape index (κ2) is 4.64. The molecule has 4 nitrogen and oxygen atoms in total. The maximum Gasteiger partial charge on any atom is 0.261 e. The third-order valence-electron chi connectivity index (χ3n) is 2.91. The van der Waals surface area contributed by atoms with Crippen LogP contribution < -0.4 is 4.72 Å². The molecule has 102 valence electrons. The molecule has 0 aliphatic heterocycles. The molecule has 2 N–H and O–H groups in total. The molecular formula is C14H11FN2O2S. The van der Waals surface area contributed by atoms with Crippen LogP contribution in [0, 0.1) is 5.82 Å². The zero-order valence-corrected chi connectivity index (χ0v) is 11.1. The Morgan fingerprint density at radius 1 is 1.05 bits per heavy atom. The van der Waals surface area contributed by atoms with Crippen molar-refractivity contribution in [1.29, 1.82) is 0 Å². The molecule has 20 heavy (non-hydrogen) atoms. The number of halogens is 1. The van der Waals surface area contributed by atoms with E-state index in [2.05, 4.69) is 9.71 Å². The van der Waals surface area contributed by atoms with E-state index < -0.39 is 15.8 Å². The molecule has 2 aromatic carbocycles. The van der Waals surface area contributed by atoms with E-state index >= 15 is 0 Å². The van der Waals surface area contributed by atoms with Gasteiger partial charge < -0.3 is 4.98 Å². The number of hydrogen-bond acceptors (Lipinski definition) is 2. The Hall–Kier alpha value is -2.34. The van der Waals surface area contributed by atoms with E-state index in [9.17, 15) is 12.8 Å². The van der Waals surface area contributed by atoms with E-state index in [4.69, 9.17) is 0 Å². The van der Waals surface area contributed by atoms with Gasteiger partial charge in [0.2, 0.25) is 0 Å². The Balaban J connectivity index is 1.98. The van der Waals surface area contributed by atoms with Crippen LogP contribution in [-0.4, -0.2) is 13.4 Å². The summed E-state index contributed by atoms with van der Waals surface area (Å²) in [6, 6.07) is 11.9. The fraction of sp³-hybridized carbons (Fsp3) is 0. The zero-order valence-electron chi connectivity index (χ0n) is 10.3. The summed E-state index contributed by atoms with van der Waals surface area (Å²) in [7, 11) is -3.74. The van der Waals surface area contributed by atoms with Crippen LogP contribution in [0.2, 0.25) is 0 Å². The van der Waals surface area contributed by atoms with Crippen molar-refractivity contribution in [3.63, 3.8) is 0 Å². The fourth-order valence-corrected chi connectivity index (χ4v) is 3.04. The van der Waals surface area contributed by atoms with Gasteiger partial charge in [-0.05, 0) is 41.8 Å². The van der Waals surface area contributed by atoms with Crippen LogP contribution in [0.25, 0.3) is 10.9 Å². The van der Waals surface area contributed by atoms with Crippen molar-refractivity contribution in [3.8, 4) is 0 Å². The molecule has 0 saturated carbocycles. The first-order chi connectivity index (χ1) is 9.54. The van der Waals surface area contributed by atoms with Crippen LogP contribution >= 0.6 is 0 Å². The zero-order chi connectivity index (χ0) is 14.2. The molecule has 0 amide bonds. The third-order valence-corrected chi connectivity index (χ3v) is 4.29. The highest BCUT2D eigenvalue weighted by Crippen LogP contribution is 2.20. The number of benzene rings is 2. The van der Waals surface area contributed by atoms with Crippen LogP contribution in [0.5, 0.6) is 0 Å². The summed E-state index contributed by atoms with van der Waals surface area (Å²) in [6.07, 6.45) is 1.74. The molecule has 1 heterocycles. The van der Waals surface area contributed by atoms with Crippen molar-refractivity contribution in [1.82, 2.24) is 4.98 Å². The lowest BCUT2D eigenvalue weighted by atomic mass is 10.2. The van der Waals surface area contributed by atoms with Gasteiger partial charge in [-0.25, -0.2) is 12.8 Å². The molecule has 0 radical (unpaired) electrons. The number of hydrogen-bond donors (Lipinski definition) is 2. The molecule has 0 unspecified atom stereocenters. The van der Waals surface area contributed by atoms with Crippen molar-refractivity contribution in [2.45, 2.75) is 4.90 Å². The van der Waals surface area contributed by atoms with Gasteiger partial charge in [0.05, 0.1) is 10.6 Å². The standard InChI is InChI=1S/C14H11FN2O2S/c15-11-2-1-3-12(8-11)17-20(18,19)13-5-4-10-6-7-16-14(10)9-13/h1-9,16-17H. The summed E-state index contributed by atoms with van der Waals surface area (Å²) in [5.41, 5.74) is 0.920. The average Bonchev–Trinajstić information content (AvgIpc) is 2.85. The first kappa shape index (κ1) is 12.7. The quantitative estimate of drug-likeness (QED) is 0.778. The topological polar surface area (TPSA) is 62.0 Å². The lowest BCUT2D eigenvalue weighted by molar-refractivity contribution is 0.601. The fourth-order valence-electron chi connectivity index (χ4n) is 1.96. The Kier molecular flexibility index (Phi) is 2.94. The van der Waals surface area contributed by atoms with E-state index in [-0.39, 0.29) is 10.6 Å². The Labute approximate surface area is 115 Å². The average molecular weight is 290 g/mol. The molecule has 0 atom stereocenters. The van der Waals surface area contributed by atoms with Gasteiger partial charge in [0.1, 0.15) is 5.82 Å². The number of aromatic amines is 1. The van der Waals surface area contributed by atoms with Crippen molar-refractivity contribution < 1.29 is 12.8 Å². The molecular weight excluding hydrogens is 279 g/mol. The predicted octanol–water partition coefficient (Wildman–Crippen LogP) is 3.11. The van der Waals surface area contributed by atoms with Crippen LogP contribution in [-0.2, 0) is 10.0 Å². The normalized spacial score (nSPS) is 11.7. The van der Waals surface area contributed by atoms with Gasteiger partial charge in [-0.15, -0.1) is 0 Å². The first-order valence-corrected chi connectivity index (χ1v) is 7.38. The van der Waals surface area contributed by atoms with Crippen LogP contribution in [0.15, 0.2) is 59.6 Å². The Bertz CT molecular complexity index is 872. The highest BCUT2D eigenvalue weighted by atomic mass is 32.2. The second-order valence-corrected chi connectivity index (χ2v) is 6.02. The van der Waals surface area contributed by atoms with Crippen LogP contribution in [0.3, 0.4) is 0 Å². The molecule has 0 fully saturated rings. The monoisotopic (exact) mass is 290 g/mol. The minimum Gasteiger partial charge on any atom is -0.361 e. The summed E-state index contributed by atoms with van der Waals surface area (Å²) in [5.74, 6) is -0.495. The summed E-state index contributed by atoms with van der Waals surface area (Å²) < 4.78 is 39.9. The van der Waals surface area contributed by atoms with E-state index in [0.717, 1.165) is 17.0 Å². The summed E-state index contributed by atoms with van der Waals surface area (Å²) >= 11 is 0. The van der Waals surface area contributed by atoms with Gasteiger partial charge in [0.15, 0.2) is 0 Å². The molecule has 0 bridgehead atoms. The van der Waals surface area contributed by atoms with Crippen molar-refractivity contribution >= 4 is 26.6 Å². The first-order valence-electron chi connectivity index (χ1n) is 5.90. The van der Waals surface area contributed by atoms with Crippen LogP contribution in [0.4, 0.5) is 10.1 Å². The van der Waals surface area contributed by atoms with Crippen molar-refractivity contribution in [3.05, 3.63) is 60.5 Å². The Morgan fingerprint density at radius 3 is 2.70 bits per heavy atom.